The number of carbonyl (C=O) groups excluding carboxylic acids is 3. The van der Waals surface area contributed by atoms with Crippen molar-refractivity contribution in [1.29, 1.82) is 0 Å². The molecule has 10 heteroatoms. The van der Waals surface area contributed by atoms with Gasteiger partial charge in [-0.3, -0.25) is 4.79 Å². The summed E-state index contributed by atoms with van der Waals surface area (Å²) in [5.41, 5.74) is 0.959. The normalized spacial score (nSPS) is 14.9. The molecule has 1 amide bonds. The summed E-state index contributed by atoms with van der Waals surface area (Å²) in [7, 11) is 0. The van der Waals surface area contributed by atoms with Crippen LogP contribution in [-0.4, -0.2) is 69.0 Å². The van der Waals surface area contributed by atoms with Crippen molar-refractivity contribution in [2.45, 2.75) is 38.7 Å². The number of esters is 2. The molecule has 1 saturated heterocycles. The van der Waals surface area contributed by atoms with Gasteiger partial charge in [0.05, 0.1) is 5.92 Å². The lowest BCUT2D eigenvalue weighted by Crippen LogP contribution is -2.38. The number of amides is 1. The van der Waals surface area contributed by atoms with E-state index in [-0.39, 0.29) is 41.9 Å². The highest BCUT2D eigenvalue weighted by Crippen LogP contribution is 2.26. The quantitative estimate of drug-likeness (QED) is 0.190. The van der Waals surface area contributed by atoms with Crippen molar-refractivity contribution in [2.24, 2.45) is 5.92 Å². The standard InChI is InChI=1S/C29H33NO9/c1-2-22(39-28(36)12-8-20-6-10-24(32)26(34)16-20)17-21(29(37)30-13-3-4-14-30)18-38-27(35)11-7-19-5-9-23(31)25(33)15-19/h5-12,15-16,21-22,31-34H,2-4,13-14,17-18H2,1H3/b11-7+,12-8+. The molecule has 3 rings (SSSR count). The first-order valence-electron chi connectivity index (χ1n) is 12.7. The molecule has 0 bridgehead atoms. The van der Waals surface area contributed by atoms with Gasteiger partial charge in [0.15, 0.2) is 23.0 Å². The van der Waals surface area contributed by atoms with E-state index in [4.69, 9.17) is 9.47 Å². The molecule has 2 atom stereocenters. The van der Waals surface area contributed by atoms with E-state index in [1.807, 2.05) is 6.92 Å². The van der Waals surface area contributed by atoms with Gasteiger partial charge < -0.3 is 34.8 Å². The Balaban J connectivity index is 1.62. The number of hydrogen-bond donors (Lipinski definition) is 4. The van der Waals surface area contributed by atoms with E-state index < -0.39 is 24.0 Å². The molecule has 1 aliphatic heterocycles. The van der Waals surface area contributed by atoms with E-state index in [9.17, 15) is 34.8 Å². The molecule has 0 radical (unpaired) electrons. The zero-order chi connectivity index (χ0) is 28.4. The van der Waals surface area contributed by atoms with Crippen molar-refractivity contribution in [3.63, 3.8) is 0 Å². The van der Waals surface area contributed by atoms with E-state index in [1.54, 1.807) is 4.90 Å². The summed E-state index contributed by atoms with van der Waals surface area (Å²) in [4.78, 5) is 39.7. The maximum atomic E-state index is 13.2. The van der Waals surface area contributed by atoms with Crippen molar-refractivity contribution in [3.05, 3.63) is 59.7 Å². The van der Waals surface area contributed by atoms with E-state index >= 15 is 0 Å². The second-order valence-electron chi connectivity index (χ2n) is 9.23. The maximum absolute atomic E-state index is 13.2. The van der Waals surface area contributed by atoms with Crippen LogP contribution in [0.1, 0.15) is 43.7 Å². The van der Waals surface area contributed by atoms with E-state index in [0.717, 1.165) is 18.9 Å². The molecule has 208 valence electrons. The molecule has 1 heterocycles. The lowest BCUT2D eigenvalue weighted by Gasteiger charge is -2.26. The molecule has 0 aromatic heterocycles. The summed E-state index contributed by atoms with van der Waals surface area (Å²) >= 11 is 0. The van der Waals surface area contributed by atoms with Crippen molar-refractivity contribution < 1.29 is 44.3 Å². The van der Waals surface area contributed by atoms with E-state index in [0.29, 0.717) is 30.6 Å². The molecule has 0 spiro atoms. The van der Waals surface area contributed by atoms with Gasteiger partial charge in [-0.05, 0) is 73.2 Å². The number of benzene rings is 2. The number of ether oxygens (including phenoxy) is 2. The fraction of sp³-hybridized carbons (Fsp3) is 0.345. The van der Waals surface area contributed by atoms with Gasteiger partial charge in [-0.2, -0.15) is 0 Å². The molecule has 2 unspecified atom stereocenters. The first-order valence-corrected chi connectivity index (χ1v) is 12.7. The molecular weight excluding hydrogens is 506 g/mol. The fourth-order valence-corrected chi connectivity index (χ4v) is 4.10. The molecule has 39 heavy (non-hydrogen) atoms. The molecule has 1 aliphatic rings. The summed E-state index contributed by atoms with van der Waals surface area (Å²) in [5.74, 6) is -3.40. The predicted octanol–water partition coefficient (Wildman–Crippen LogP) is 3.73. The number of carbonyl (C=O) groups is 3. The minimum absolute atomic E-state index is 0.161. The Labute approximate surface area is 226 Å². The van der Waals surface area contributed by atoms with Crippen LogP contribution >= 0.6 is 0 Å². The highest BCUT2D eigenvalue weighted by atomic mass is 16.5. The third-order valence-electron chi connectivity index (χ3n) is 6.30. The van der Waals surface area contributed by atoms with E-state index in [2.05, 4.69) is 0 Å². The van der Waals surface area contributed by atoms with Crippen LogP contribution < -0.4 is 0 Å². The molecule has 2 aromatic carbocycles. The van der Waals surface area contributed by atoms with Crippen LogP contribution in [0.4, 0.5) is 0 Å². The van der Waals surface area contributed by atoms with Gasteiger partial charge >= 0.3 is 11.9 Å². The number of nitrogens with zero attached hydrogens (tertiary/aromatic N) is 1. The SMILES string of the molecule is CCC(CC(COC(=O)/C=C/c1ccc(O)c(O)c1)C(=O)N1CCCC1)OC(=O)/C=C/c1ccc(O)c(O)c1. The monoisotopic (exact) mass is 539 g/mol. The highest BCUT2D eigenvalue weighted by Gasteiger charge is 2.30. The predicted molar refractivity (Wildman–Crippen MR) is 143 cm³/mol. The molecule has 10 nitrogen and oxygen atoms in total. The summed E-state index contributed by atoms with van der Waals surface area (Å²) < 4.78 is 10.9. The van der Waals surface area contributed by atoms with Crippen LogP contribution in [0, 0.1) is 5.92 Å². The van der Waals surface area contributed by atoms with Gasteiger partial charge in [-0.15, -0.1) is 0 Å². The maximum Gasteiger partial charge on any atom is 0.331 e. The Morgan fingerprint density at radius 1 is 0.846 bits per heavy atom. The Bertz CT molecular complexity index is 1230. The van der Waals surface area contributed by atoms with Gasteiger partial charge in [0.2, 0.25) is 5.91 Å². The minimum Gasteiger partial charge on any atom is -0.504 e. The smallest absolute Gasteiger partial charge is 0.331 e. The molecule has 2 aromatic rings. The van der Waals surface area contributed by atoms with Crippen molar-refractivity contribution >= 4 is 30.0 Å². The Morgan fingerprint density at radius 2 is 1.38 bits per heavy atom. The topological polar surface area (TPSA) is 154 Å². The number of likely N-dealkylation sites (tertiary alicyclic amines) is 1. The number of hydrogen-bond acceptors (Lipinski definition) is 9. The molecule has 0 saturated carbocycles. The van der Waals surface area contributed by atoms with Crippen LogP contribution in [0.25, 0.3) is 12.2 Å². The summed E-state index contributed by atoms with van der Waals surface area (Å²) in [6.45, 7) is 2.85. The summed E-state index contributed by atoms with van der Waals surface area (Å²) in [5, 5.41) is 38.0. The third-order valence-corrected chi connectivity index (χ3v) is 6.30. The van der Waals surface area contributed by atoms with Gasteiger partial charge in [0, 0.05) is 25.2 Å². The Morgan fingerprint density at radius 3 is 1.90 bits per heavy atom. The van der Waals surface area contributed by atoms with Crippen LogP contribution in [0.5, 0.6) is 23.0 Å². The van der Waals surface area contributed by atoms with Crippen LogP contribution in [0.2, 0.25) is 0 Å². The van der Waals surface area contributed by atoms with Gasteiger partial charge in [0.1, 0.15) is 12.7 Å². The van der Waals surface area contributed by atoms with Crippen molar-refractivity contribution in [2.75, 3.05) is 19.7 Å². The molecular formula is C29H33NO9. The van der Waals surface area contributed by atoms with Gasteiger partial charge in [0.25, 0.3) is 0 Å². The van der Waals surface area contributed by atoms with E-state index in [1.165, 1.54) is 54.6 Å². The number of phenolic OH excluding ortho intramolecular Hbond substituents is 4. The van der Waals surface area contributed by atoms with Crippen LogP contribution in [-0.2, 0) is 23.9 Å². The first-order chi connectivity index (χ1) is 18.7. The second kappa shape index (κ2) is 13.9. The summed E-state index contributed by atoms with van der Waals surface area (Å²) in [6.07, 6.45) is 6.97. The number of rotatable bonds is 11. The van der Waals surface area contributed by atoms with Crippen molar-refractivity contribution in [1.82, 2.24) is 4.90 Å². The second-order valence-corrected chi connectivity index (χ2v) is 9.23. The minimum atomic E-state index is -0.714. The van der Waals surface area contributed by atoms with Gasteiger partial charge in [-0.25, -0.2) is 9.59 Å². The number of aromatic hydroxyl groups is 4. The first kappa shape index (κ1) is 29.1. The average Bonchev–Trinajstić information content (AvgIpc) is 3.46. The fourth-order valence-electron chi connectivity index (χ4n) is 4.10. The van der Waals surface area contributed by atoms with Crippen LogP contribution in [0.15, 0.2) is 48.6 Å². The molecule has 1 fully saturated rings. The molecule has 4 N–H and O–H groups in total. The lowest BCUT2D eigenvalue weighted by atomic mass is 9.99. The molecule has 0 aliphatic carbocycles. The zero-order valence-corrected chi connectivity index (χ0v) is 21.7. The highest BCUT2D eigenvalue weighted by molar-refractivity contribution is 5.88. The largest absolute Gasteiger partial charge is 0.504 e. The average molecular weight is 540 g/mol. The summed E-state index contributed by atoms with van der Waals surface area (Å²) in [6, 6.07) is 8.22. The zero-order valence-electron chi connectivity index (χ0n) is 21.7. The number of phenols is 4. The van der Waals surface area contributed by atoms with Gasteiger partial charge in [-0.1, -0.05) is 19.1 Å². The van der Waals surface area contributed by atoms with Crippen LogP contribution in [0.3, 0.4) is 0 Å². The Kier molecular flexibility index (Phi) is 10.4. The lowest BCUT2D eigenvalue weighted by molar-refractivity contribution is -0.150. The Hall–Kier alpha value is -4.47. The van der Waals surface area contributed by atoms with Crippen molar-refractivity contribution in [3.8, 4) is 23.0 Å². The third kappa shape index (κ3) is 8.80.